The van der Waals surface area contributed by atoms with E-state index in [4.69, 9.17) is 10.5 Å². The molecule has 3 N–H and O–H groups in total. The summed E-state index contributed by atoms with van der Waals surface area (Å²) in [5.41, 5.74) is 5.70. The van der Waals surface area contributed by atoms with E-state index >= 15 is 0 Å². The van der Waals surface area contributed by atoms with Crippen LogP contribution in [-0.4, -0.2) is 31.8 Å². The summed E-state index contributed by atoms with van der Waals surface area (Å²) < 4.78 is 54.8. The van der Waals surface area contributed by atoms with Crippen molar-refractivity contribution in [2.24, 2.45) is 0 Å². The van der Waals surface area contributed by atoms with Crippen molar-refractivity contribution in [1.29, 1.82) is 0 Å². The van der Waals surface area contributed by atoms with Crippen LogP contribution >= 0.6 is 11.3 Å². The molecule has 0 aromatic carbocycles. The molecule has 0 atom stereocenters. The van der Waals surface area contributed by atoms with Crippen molar-refractivity contribution < 1.29 is 27.1 Å². The zero-order valence-electron chi connectivity index (χ0n) is 10.8. The minimum absolute atomic E-state index is 0.0110. The fourth-order valence-corrected chi connectivity index (χ4v) is 2.49. The third-order valence-electron chi connectivity index (χ3n) is 2.48. The molecule has 1 aromatic rings. The van der Waals surface area contributed by atoms with Gasteiger partial charge in [0.05, 0.1) is 24.2 Å². The maximum absolute atomic E-state index is 12.9. The number of ether oxygens (including phenoxy) is 1. The Morgan fingerprint density at radius 1 is 1.50 bits per heavy atom. The van der Waals surface area contributed by atoms with Crippen molar-refractivity contribution in [2.45, 2.75) is 25.7 Å². The van der Waals surface area contributed by atoms with Crippen molar-refractivity contribution in [1.82, 2.24) is 0 Å². The van der Waals surface area contributed by atoms with Crippen molar-refractivity contribution in [3.63, 3.8) is 0 Å². The van der Waals surface area contributed by atoms with Crippen LogP contribution in [0.4, 0.5) is 28.3 Å². The van der Waals surface area contributed by atoms with Gasteiger partial charge in [-0.2, -0.15) is 8.78 Å². The summed E-state index contributed by atoms with van der Waals surface area (Å²) in [6.07, 6.45) is -3.60. The molecule has 0 spiro atoms. The van der Waals surface area contributed by atoms with Gasteiger partial charge in [0, 0.05) is 6.42 Å². The largest absolute Gasteiger partial charge is 0.492 e. The number of alkyl halides is 4. The Labute approximate surface area is 116 Å². The number of nitrogen functional groups attached to an aromatic ring is 1. The van der Waals surface area contributed by atoms with Gasteiger partial charge in [-0.15, -0.1) is 11.3 Å². The zero-order valence-corrected chi connectivity index (χ0v) is 11.6. The first kappa shape index (κ1) is 16.5. The number of rotatable bonds is 7. The van der Waals surface area contributed by atoms with Crippen molar-refractivity contribution in [3.05, 3.63) is 4.88 Å². The summed E-state index contributed by atoms with van der Waals surface area (Å²) in [7, 11) is 1.25. The Kier molecular flexibility index (Phi) is 5.21. The first-order valence-electron chi connectivity index (χ1n) is 5.63. The van der Waals surface area contributed by atoms with E-state index in [-0.39, 0.29) is 33.5 Å². The van der Waals surface area contributed by atoms with Crippen molar-refractivity contribution >= 4 is 27.8 Å². The predicted octanol–water partition coefficient (Wildman–Crippen LogP) is 3.24. The lowest BCUT2D eigenvalue weighted by atomic mass is 10.2. The molecule has 0 unspecified atom stereocenters. The molecule has 114 valence electrons. The predicted molar refractivity (Wildman–Crippen MR) is 69.3 cm³/mol. The number of Topliss-reactive ketones (excluding diaryl/α,β-unsaturated/α-hetero) is 1. The third-order valence-corrected chi connectivity index (χ3v) is 3.67. The van der Waals surface area contributed by atoms with Gasteiger partial charge in [-0.05, 0) is 0 Å². The summed E-state index contributed by atoms with van der Waals surface area (Å²) >= 11 is 0.807. The van der Waals surface area contributed by atoms with Crippen LogP contribution in [0.1, 0.15) is 23.0 Å². The van der Waals surface area contributed by atoms with Crippen LogP contribution in [-0.2, 0) is 0 Å². The first-order valence-corrected chi connectivity index (χ1v) is 6.45. The van der Waals surface area contributed by atoms with Gasteiger partial charge < -0.3 is 15.8 Å². The molecule has 4 nitrogen and oxygen atoms in total. The second-order valence-electron chi connectivity index (χ2n) is 3.90. The molecular weight excluding hydrogens is 300 g/mol. The van der Waals surface area contributed by atoms with Gasteiger partial charge in [0.15, 0.2) is 11.5 Å². The lowest BCUT2D eigenvalue weighted by Crippen LogP contribution is -2.34. The van der Waals surface area contributed by atoms with Crippen LogP contribution in [0, 0.1) is 0 Å². The maximum Gasteiger partial charge on any atom is 0.324 e. The number of thiophene rings is 1. The van der Waals surface area contributed by atoms with Gasteiger partial charge in [-0.25, -0.2) is 8.78 Å². The van der Waals surface area contributed by atoms with E-state index in [1.165, 1.54) is 7.11 Å². The van der Waals surface area contributed by atoms with Crippen LogP contribution in [0.2, 0.25) is 0 Å². The molecule has 20 heavy (non-hydrogen) atoms. The van der Waals surface area contributed by atoms with Crippen LogP contribution in [0.3, 0.4) is 0 Å². The molecule has 0 amide bonds. The number of nitrogens with two attached hydrogens (primary N) is 1. The summed E-state index contributed by atoms with van der Waals surface area (Å²) in [4.78, 5) is 11.8. The second kappa shape index (κ2) is 6.29. The van der Waals surface area contributed by atoms with Gasteiger partial charge in [0.25, 0.3) is 0 Å². The van der Waals surface area contributed by atoms with E-state index in [1.54, 1.807) is 6.92 Å². The average molecular weight is 314 g/mol. The van der Waals surface area contributed by atoms with E-state index in [0.29, 0.717) is 0 Å². The lowest BCUT2D eigenvalue weighted by molar-refractivity contribution is -0.117. The number of halogens is 4. The fourth-order valence-electron chi connectivity index (χ4n) is 1.39. The first-order chi connectivity index (χ1) is 9.24. The number of methoxy groups -OCH3 is 1. The summed E-state index contributed by atoms with van der Waals surface area (Å²) in [5, 5.41) is 2.19. The Bertz CT molecular complexity index is 491. The van der Waals surface area contributed by atoms with Crippen LogP contribution in [0.15, 0.2) is 0 Å². The molecule has 0 aliphatic rings. The van der Waals surface area contributed by atoms with Crippen LogP contribution in [0.25, 0.3) is 0 Å². The minimum Gasteiger partial charge on any atom is -0.492 e. The topological polar surface area (TPSA) is 64.3 Å². The third kappa shape index (κ3) is 3.33. The van der Waals surface area contributed by atoms with Gasteiger partial charge in [-0.1, -0.05) is 6.92 Å². The fraction of sp³-hybridized carbons (Fsp3) is 0.545. The Balaban J connectivity index is 2.98. The normalized spacial score (nSPS) is 11.8. The van der Waals surface area contributed by atoms with Crippen LogP contribution < -0.4 is 15.8 Å². The van der Waals surface area contributed by atoms with E-state index in [2.05, 4.69) is 5.32 Å². The molecule has 0 saturated heterocycles. The van der Waals surface area contributed by atoms with Crippen molar-refractivity contribution in [2.75, 3.05) is 24.7 Å². The Morgan fingerprint density at radius 2 is 2.10 bits per heavy atom. The summed E-state index contributed by atoms with van der Waals surface area (Å²) in [6.45, 7) is 0.340. The second-order valence-corrected chi connectivity index (χ2v) is 4.92. The Morgan fingerprint density at radius 3 is 2.55 bits per heavy atom. The summed E-state index contributed by atoms with van der Waals surface area (Å²) in [5.74, 6) is -4.45. The highest BCUT2D eigenvalue weighted by Gasteiger charge is 2.40. The molecule has 0 saturated carbocycles. The maximum atomic E-state index is 12.9. The lowest BCUT2D eigenvalue weighted by Gasteiger charge is -2.16. The number of nitrogens with one attached hydrogen (secondary N) is 1. The average Bonchev–Trinajstić information content (AvgIpc) is 2.71. The molecular formula is C11H14F4N2O2S. The number of anilines is 2. The van der Waals surface area contributed by atoms with Gasteiger partial charge >= 0.3 is 12.3 Å². The Hall–Kier alpha value is -1.51. The smallest absolute Gasteiger partial charge is 0.324 e. The number of carbonyl (C=O) groups excluding carboxylic acids is 1. The molecule has 1 aromatic heterocycles. The number of ketones is 1. The zero-order chi connectivity index (χ0) is 15.5. The molecule has 0 bridgehead atoms. The molecule has 9 heteroatoms. The van der Waals surface area contributed by atoms with Crippen LogP contribution in [0.5, 0.6) is 5.75 Å². The van der Waals surface area contributed by atoms with E-state index < -0.39 is 18.9 Å². The standard InChI is InChI=1S/C11H14F4N2O2S/c1-3-5(18)8-6(16)7(19-2)9(20-8)17-4-11(14,15)10(12)13/h10,17H,3-4,16H2,1-2H3. The summed E-state index contributed by atoms with van der Waals surface area (Å²) in [6, 6.07) is 0. The quantitative estimate of drug-likeness (QED) is 0.599. The number of carbonyl (C=O) groups is 1. The number of hydrogen-bond acceptors (Lipinski definition) is 5. The highest BCUT2D eigenvalue weighted by molar-refractivity contribution is 7.19. The molecule has 0 fully saturated rings. The van der Waals surface area contributed by atoms with Gasteiger partial charge in [0.1, 0.15) is 5.00 Å². The molecule has 0 aliphatic heterocycles. The minimum atomic E-state index is -4.18. The van der Waals surface area contributed by atoms with E-state index in [1.807, 2.05) is 0 Å². The van der Waals surface area contributed by atoms with E-state index in [9.17, 15) is 22.4 Å². The van der Waals surface area contributed by atoms with Crippen molar-refractivity contribution in [3.8, 4) is 5.75 Å². The SMILES string of the molecule is CCC(=O)c1sc(NCC(F)(F)C(F)F)c(OC)c1N. The van der Waals surface area contributed by atoms with Gasteiger partial charge in [-0.3, -0.25) is 4.79 Å². The number of hydrogen-bond donors (Lipinski definition) is 2. The monoisotopic (exact) mass is 314 g/mol. The molecule has 0 aliphatic carbocycles. The molecule has 1 heterocycles. The van der Waals surface area contributed by atoms with Gasteiger partial charge in [0.2, 0.25) is 0 Å². The molecule has 1 rings (SSSR count). The van der Waals surface area contributed by atoms with E-state index in [0.717, 1.165) is 11.3 Å². The molecule has 0 radical (unpaired) electrons. The highest BCUT2D eigenvalue weighted by atomic mass is 32.1. The highest BCUT2D eigenvalue weighted by Crippen LogP contribution is 2.43.